The minimum absolute atomic E-state index is 0.137. The number of hydrazone groups is 1. The van der Waals surface area contributed by atoms with Crippen molar-refractivity contribution in [3.8, 4) is 11.5 Å². The van der Waals surface area contributed by atoms with Crippen LogP contribution in [0.15, 0.2) is 46.7 Å². The number of phenolic OH excluding ortho intramolecular Hbond substituents is 1. The Labute approximate surface area is 142 Å². The van der Waals surface area contributed by atoms with Gasteiger partial charge in [0, 0.05) is 6.20 Å². The second-order valence-electron chi connectivity index (χ2n) is 4.30. The number of thioether (sulfide) groups is 1. The first-order valence-corrected chi connectivity index (χ1v) is 7.88. The fraction of sp³-hybridized carbons (Fsp3) is 0.133. The Morgan fingerprint density at radius 1 is 1.52 bits per heavy atom. The molecule has 8 heteroatoms. The first kappa shape index (κ1) is 17.1. The molecule has 0 saturated carbocycles. The molecule has 0 aliphatic rings. The summed E-state index contributed by atoms with van der Waals surface area (Å²) >= 11 is 7.18. The van der Waals surface area contributed by atoms with Gasteiger partial charge in [0.25, 0.3) is 0 Å². The maximum Gasteiger partial charge on any atom is 0.250 e. The minimum Gasteiger partial charge on any atom is -0.503 e. The van der Waals surface area contributed by atoms with Crippen LogP contribution in [0.4, 0.5) is 0 Å². The number of nitrogens with one attached hydrogen (secondary N) is 1. The van der Waals surface area contributed by atoms with Crippen molar-refractivity contribution in [3.05, 3.63) is 47.1 Å². The minimum atomic E-state index is -0.256. The predicted molar refractivity (Wildman–Crippen MR) is 90.4 cm³/mol. The molecular weight excluding hydrogens is 338 g/mol. The van der Waals surface area contributed by atoms with Gasteiger partial charge >= 0.3 is 0 Å². The van der Waals surface area contributed by atoms with Gasteiger partial charge in [-0.25, -0.2) is 10.4 Å². The normalized spacial score (nSPS) is 10.7. The van der Waals surface area contributed by atoms with E-state index in [-0.39, 0.29) is 28.2 Å². The summed E-state index contributed by atoms with van der Waals surface area (Å²) in [4.78, 5) is 15.8. The summed E-state index contributed by atoms with van der Waals surface area (Å²) in [5.41, 5.74) is 2.99. The van der Waals surface area contributed by atoms with Gasteiger partial charge in [-0.15, -0.1) is 0 Å². The van der Waals surface area contributed by atoms with Crippen LogP contribution >= 0.6 is 23.4 Å². The third-order valence-corrected chi connectivity index (χ3v) is 3.89. The van der Waals surface area contributed by atoms with Crippen molar-refractivity contribution < 1.29 is 14.6 Å². The topological polar surface area (TPSA) is 83.8 Å². The number of aromatic nitrogens is 1. The smallest absolute Gasteiger partial charge is 0.250 e. The van der Waals surface area contributed by atoms with Gasteiger partial charge in [-0.3, -0.25) is 4.79 Å². The maximum absolute atomic E-state index is 11.7. The molecule has 23 heavy (non-hydrogen) atoms. The summed E-state index contributed by atoms with van der Waals surface area (Å²) in [5, 5.41) is 14.4. The molecule has 0 unspecified atom stereocenters. The molecule has 0 aliphatic carbocycles. The zero-order valence-electron chi connectivity index (χ0n) is 12.2. The number of phenols is 1. The average Bonchev–Trinajstić information content (AvgIpc) is 2.57. The molecule has 1 aromatic carbocycles. The molecule has 0 saturated heterocycles. The Morgan fingerprint density at radius 2 is 2.35 bits per heavy atom. The molecule has 0 spiro atoms. The Morgan fingerprint density at radius 3 is 3.04 bits per heavy atom. The van der Waals surface area contributed by atoms with Crippen molar-refractivity contribution in [2.75, 3.05) is 12.9 Å². The highest BCUT2D eigenvalue weighted by atomic mass is 35.5. The molecule has 0 aliphatic heterocycles. The lowest BCUT2D eigenvalue weighted by atomic mass is 10.2. The van der Waals surface area contributed by atoms with Gasteiger partial charge in [0.15, 0.2) is 11.5 Å². The van der Waals surface area contributed by atoms with Crippen molar-refractivity contribution in [3.63, 3.8) is 0 Å². The quantitative estimate of drug-likeness (QED) is 0.475. The van der Waals surface area contributed by atoms with Crippen LogP contribution < -0.4 is 10.2 Å². The summed E-state index contributed by atoms with van der Waals surface area (Å²) in [7, 11) is 1.42. The zero-order chi connectivity index (χ0) is 16.7. The van der Waals surface area contributed by atoms with Crippen molar-refractivity contribution in [1.82, 2.24) is 10.4 Å². The van der Waals surface area contributed by atoms with Crippen LogP contribution in [0.2, 0.25) is 5.02 Å². The van der Waals surface area contributed by atoms with Gasteiger partial charge in [0.2, 0.25) is 5.91 Å². The number of carbonyl (C=O) groups is 1. The van der Waals surface area contributed by atoms with Crippen molar-refractivity contribution in [2.24, 2.45) is 5.10 Å². The number of hydrogen-bond acceptors (Lipinski definition) is 6. The zero-order valence-corrected chi connectivity index (χ0v) is 13.8. The van der Waals surface area contributed by atoms with E-state index in [9.17, 15) is 9.90 Å². The fourth-order valence-corrected chi connectivity index (χ4v) is 2.48. The van der Waals surface area contributed by atoms with Crippen LogP contribution in [0.25, 0.3) is 0 Å². The van der Waals surface area contributed by atoms with Gasteiger partial charge in [0.1, 0.15) is 0 Å². The molecule has 2 N–H and O–H groups in total. The number of halogens is 1. The van der Waals surface area contributed by atoms with Gasteiger partial charge in [-0.2, -0.15) is 5.10 Å². The largest absolute Gasteiger partial charge is 0.503 e. The Hall–Kier alpha value is -2.25. The van der Waals surface area contributed by atoms with E-state index in [1.54, 1.807) is 12.3 Å². The second kappa shape index (κ2) is 8.40. The van der Waals surface area contributed by atoms with Gasteiger partial charge < -0.3 is 9.84 Å². The molecule has 2 rings (SSSR count). The third kappa shape index (κ3) is 5.15. The number of hydrogen-bond donors (Lipinski definition) is 2. The van der Waals surface area contributed by atoms with Crippen molar-refractivity contribution in [1.29, 1.82) is 0 Å². The highest BCUT2D eigenvalue weighted by Crippen LogP contribution is 2.34. The number of rotatable bonds is 6. The summed E-state index contributed by atoms with van der Waals surface area (Å²) < 4.78 is 4.99. The molecule has 1 aromatic heterocycles. The van der Waals surface area contributed by atoms with E-state index < -0.39 is 0 Å². The van der Waals surface area contributed by atoms with E-state index in [1.165, 1.54) is 31.2 Å². The van der Waals surface area contributed by atoms with E-state index in [1.807, 2.05) is 18.2 Å². The first-order valence-electron chi connectivity index (χ1n) is 6.52. The highest BCUT2D eigenvalue weighted by Gasteiger charge is 2.08. The van der Waals surface area contributed by atoms with E-state index in [4.69, 9.17) is 16.3 Å². The standard InChI is InChI=1S/C15H14ClN3O3S/c1-22-12-7-10(6-11(16)15(12)21)8-18-19-13(20)9-23-14-4-2-3-5-17-14/h2-8,21H,9H2,1H3,(H,19,20). The summed E-state index contributed by atoms with van der Waals surface area (Å²) in [6, 6.07) is 8.56. The fourth-order valence-electron chi connectivity index (χ4n) is 1.61. The van der Waals surface area contributed by atoms with Crippen LogP contribution in [0, 0.1) is 0 Å². The molecule has 6 nitrogen and oxygen atoms in total. The molecule has 0 fully saturated rings. The van der Waals surface area contributed by atoms with Crippen LogP contribution in [-0.4, -0.2) is 35.1 Å². The van der Waals surface area contributed by atoms with Gasteiger partial charge in [-0.05, 0) is 29.8 Å². The van der Waals surface area contributed by atoms with Gasteiger partial charge in [0.05, 0.1) is 29.1 Å². The van der Waals surface area contributed by atoms with Crippen LogP contribution in [0.1, 0.15) is 5.56 Å². The highest BCUT2D eigenvalue weighted by molar-refractivity contribution is 7.99. The van der Waals surface area contributed by atoms with Gasteiger partial charge in [-0.1, -0.05) is 29.4 Å². The molecule has 2 aromatic rings. The molecule has 0 bridgehead atoms. The van der Waals surface area contributed by atoms with E-state index in [0.717, 1.165) is 5.03 Å². The number of nitrogens with zero attached hydrogens (tertiary/aromatic N) is 2. The van der Waals surface area contributed by atoms with E-state index in [0.29, 0.717) is 5.56 Å². The lowest BCUT2D eigenvalue weighted by Crippen LogP contribution is -2.19. The summed E-state index contributed by atoms with van der Waals surface area (Å²) in [6.45, 7) is 0. The number of aromatic hydroxyl groups is 1. The number of benzene rings is 1. The number of methoxy groups -OCH3 is 1. The SMILES string of the molecule is COc1cc(C=NNC(=O)CSc2ccccn2)cc(Cl)c1O. The summed E-state index contributed by atoms with van der Waals surface area (Å²) in [5.74, 6) is 0.0421. The monoisotopic (exact) mass is 351 g/mol. The Bertz CT molecular complexity index is 711. The molecule has 1 heterocycles. The molecule has 0 atom stereocenters. The Kier molecular flexibility index (Phi) is 6.25. The number of pyridine rings is 1. The second-order valence-corrected chi connectivity index (χ2v) is 5.71. The maximum atomic E-state index is 11.7. The first-order chi connectivity index (χ1) is 11.1. The van der Waals surface area contributed by atoms with Crippen LogP contribution in [-0.2, 0) is 4.79 Å². The van der Waals surface area contributed by atoms with Crippen LogP contribution in [0.3, 0.4) is 0 Å². The van der Waals surface area contributed by atoms with E-state index >= 15 is 0 Å². The Balaban J connectivity index is 1.89. The lowest BCUT2D eigenvalue weighted by Gasteiger charge is -2.06. The van der Waals surface area contributed by atoms with Crippen molar-refractivity contribution in [2.45, 2.75) is 5.03 Å². The summed E-state index contributed by atoms with van der Waals surface area (Å²) in [6.07, 6.45) is 3.08. The van der Waals surface area contributed by atoms with Crippen molar-refractivity contribution >= 4 is 35.5 Å². The molecule has 120 valence electrons. The predicted octanol–water partition coefficient (Wildman–Crippen LogP) is 2.69. The van der Waals surface area contributed by atoms with Crippen LogP contribution in [0.5, 0.6) is 11.5 Å². The number of carbonyl (C=O) groups excluding carboxylic acids is 1. The molecular formula is C15H14ClN3O3S. The van der Waals surface area contributed by atoms with E-state index in [2.05, 4.69) is 15.5 Å². The lowest BCUT2D eigenvalue weighted by molar-refractivity contribution is -0.118. The molecule has 0 radical (unpaired) electrons. The number of amides is 1. The third-order valence-electron chi connectivity index (χ3n) is 2.66. The number of ether oxygens (including phenoxy) is 1. The molecule has 1 amide bonds. The average molecular weight is 352 g/mol.